The van der Waals surface area contributed by atoms with Crippen molar-refractivity contribution in [1.29, 1.82) is 0 Å². The number of hydrogen-bond acceptors (Lipinski definition) is 1. The van der Waals surface area contributed by atoms with Gasteiger partial charge in [0, 0.05) is 12.1 Å². The number of hydrogen-bond donors (Lipinski definition) is 1. The molecule has 1 aromatic carbocycles. The maximum atomic E-state index is 3.95. The summed E-state index contributed by atoms with van der Waals surface area (Å²) in [4.78, 5) is 0. The zero-order valence-corrected chi connectivity index (χ0v) is 11.9. The molecule has 0 saturated heterocycles. The lowest BCUT2D eigenvalue weighted by molar-refractivity contribution is 0.261. The molecule has 3 rings (SSSR count). The highest BCUT2D eigenvalue weighted by molar-refractivity contribution is 5.37. The molecular weight excluding hydrogens is 218 g/mol. The summed E-state index contributed by atoms with van der Waals surface area (Å²) < 4.78 is 0. The second kappa shape index (κ2) is 4.38. The molecule has 1 heteroatoms. The van der Waals surface area contributed by atoms with Gasteiger partial charge in [-0.3, -0.25) is 0 Å². The highest BCUT2D eigenvalue weighted by Crippen LogP contribution is 2.40. The summed E-state index contributed by atoms with van der Waals surface area (Å²) in [5.41, 5.74) is 5.01. The maximum Gasteiger partial charge on any atom is 0.0328 e. The zero-order valence-electron chi connectivity index (χ0n) is 11.9. The molecule has 0 bridgehead atoms. The summed E-state index contributed by atoms with van der Waals surface area (Å²) in [7, 11) is 0. The van der Waals surface area contributed by atoms with E-state index in [0.29, 0.717) is 17.5 Å². The van der Waals surface area contributed by atoms with Crippen molar-refractivity contribution in [1.82, 2.24) is 5.32 Å². The maximum absolute atomic E-state index is 3.95. The van der Waals surface area contributed by atoms with Crippen molar-refractivity contribution in [3.05, 3.63) is 34.9 Å². The minimum absolute atomic E-state index is 0.479. The molecule has 0 aromatic heterocycles. The molecule has 0 amide bonds. The van der Waals surface area contributed by atoms with E-state index in [2.05, 4.69) is 44.3 Å². The van der Waals surface area contributed by atoms with Crippen molar-refractivity contribution in [3.8, 4) is 0 Å². The molecule has 98 valence electrons. The Balaban J connectivity index is 1.78. The highest BCUT2D eigenvalue weighted by atomic mass is 15.0. The quantitative estimate of drug-likeness (QED) is 0.822. The SMILES string of the molecule is Cc1ccc2c(c1)C(NC1CCCC1(C)C)CC2. The van der Waals surface area contributed by atoms with Gasteiger partial charge in [-0.15, -0.1) is 0 Å². The van der Waals surface area contributed by atoms with Gasteiger partial charge in [0.05, 0.1) is 0 Å². The fourth-order valence-electron chi connectivity index (χ4n) is 3.77. The van der Waals surface area contributed by atoms with Gasteiger partial charge < -0.3 is 5.32 Å². The first-order valence-electron chi connectivity index (χ1n) is 7.42. The lowest BCUT2D eigenvalue weighted by Crippen LogP contribution is -2.39. The topological polar surface area (TPSA) is 12.0 Å². The summed E-state index contributed by atoms with van der Waals surface area (Å²) in [5.74, 6) is 0. The van der Waals surface area contributed by atoms with E-state index in [4.69, 9.17) is 0 Å². The van der Waals surface area contributed by atoms with Crippen molar-refractivity contribution >= 4 is 0 Å². The van der Waals surface area contributed by atoms with Crippen LogP contribution in [0.5, 0.6) is 0 Å². The molecule has 0 spiro atoms. The van der Waals surface area contributed by atoms with E-state index < -0.39 is 0 Å². The van der Waals surface area contributed by atoms with Crippen LogP contribution in [0.4, 0.5) is 0 Å². The second-order valence-corrected chi connectivity index (χ2v) is 6.89. The van der Waals surface area contributed by atoms with Crippen LogP contribution < -0.4 is 5.32 Å². The van der Waals surface area contributed by atoms with Crippen LogP contribution in [0.2, 0.25) is 0 Å². The monoisotopic (exact) mass is 243 g/mol. The standard InChI is InChI=1S/C17H25N/c1-12-6-7-13-8-9-15(14(13)11-12)18-16-5-4-10-17(16,2)3/h6-7,11,15-16,18H,4-5,8-10H2,1-3H3. The van der Waals surface area contributed by atoms with Crippen molar-refractivity contribution in [3.63, 3.8) is 0 Å². The van der Waals surface area contributed by atoms with Crippen molar-refractivity contribution in [2.45, 2.75) is 65.0 Å². The van der Waals surface area contributed by atoms with Gasteiger partial charge in [0.15, 0.2) is 0 Å². The summed E-state index contributed by atoms with van der Waals surface area (Å²) in [6, 6.07) is 8.27. The van der Waals surface area contributed by atoms with Crippen LogP contribution in [-0.2, 0) is 6.42 Å². The van der Waals surface area contributed by atoms with Gasteiger partial charge in [0.1, 0.15) is 0 Å². The third kappa shape index (κ3) is 2.09. The number of benzene rings is 1. The Labute approximate surface area is 111 Å². The van der Waals surface area contributed by atoms with Crippen molar-refractivity contribution < 1.29 is 0 Å². The minimum Gasteiger partial charge on any atom is -0.307 e. The fourth-order valence-corrected chi connectivity index (χ4v) is 3.77. The molecule has 0 radical (unpaired) electrons. The summed E-state index contributed by atoms with van der Waals surface area (Å²) in [5, 5.41) is 3.95. The Morgan fingerprint density at radius 1 is 1.22 bits per heavy atom. The minimum atomic E-state index is 0.479. The molecule has 18 heavy (non-hydrogen) atoms. The van der Waals surface area contributed by atoms with E-state index in [1.54, 1.807) is 11.1 Å². The average molecular weight is 243 g/mol. The first-order chi connectivity index (χ1) is 8.56. The molecule has 2 aliphatic carbocycles. The zero-order chi connectivity index (χ0) is 12.8. The summed E-state index contributed by atoms with van der Waals surface area (Å²) >= 11 is 0. The number of nitrogens with one attached hydrogen (secondary N) is 1. The Morgan fingerprint density at radius 2 is 2.06 bits per heavy atom. The van der Waals surface area contributed by atoms with Gasteiger partial charge in [-0.25, -0.2) is 0 Å². The van der Waals surface area contributed by atoms with Gasteiger partial charge in [-0.1, -0.05) is 44.0 Å². The van der Waals surface area contributed by atoms with Crippen LogP contribution in [0, 0.1) is 12.3 Å². The van der Waals surface area contributed by atoms with Crippen LogP contribution in [0.3, 0.4) is 0 Å². The average Bonchev–Trinajstić information content (AvgIpc) is 2.84. The Hall–Kier alpha value is -0.820. The smallest absolute Gasteiger partial charge is 0.0328 e. The molecule has 2 unspecified atom stereocenters. The van der Waals surface area contributed by atoms with Crippen LogP contribution >= 0.6 is 0 Å². The van der Waals surface area contributed by atoms with E-state index in [-0.39, 0.29) is 0 Å². The molecule has 0 heterocycles. The van der Waals surface area contributed by atoms with Crippen LogP contribution in [-0.4, -0.2) is 6.04 Å². The molecule has 1 nitrogen and oxygen atoms in total. The van der Waals surface area contributed by atoms with Crippen molar-refractivity contribution in [2.75, 3.05) is 0 Å². The normalized spacial score (nSPS) is 29.5. The van der Waals surface area contributed by atoms with E-state index in [9.17, 15) is 0 Å². The third-order valence-corrected chi connectivity index (χ3v) is 5.04. The third-order valence-electron chi connectivity index (χ3n) is 5.04. The van der Waals surface area contributed by atoms with E-state index in [1.807, 2.05) is 0 Å². The number of aryl methyl sites for hydroxylation is 2. The number of fused-ring (bicyclic) bond motifs is 1. The van der Waals surface area contributed by atoms with Crippen LogP contribution in [0.15, 0.2) is 18.2 Å². The van der Waals surface area contributed by atoms with Gasteiger partial charge >= 0.3 is 0 Å². The predicted octanol–water partition coefficient (Wildman–Crippen LogP) is 4.15. The molecule has 2 aliphatic rings. The van der Waals surface area contributed by atoms with Crippen LogP contribution in [0.25, 0.3) is 0 Å². The Morgan fingerprint density at radius 3 is 2.78 bits per heavy atom. The largest absolute Gasteiger partial charge is 0.307 e. The number of rotatable bonds is 2. The molecule has 1 saturated carbocycles. The molecule has 0 aliphatic heterocycles. The van der Waals surface area contributed by atoms with Crippen LogP contribution in [0.1, 0.15) is 62.3 Å². The second-order valence-electron chi connectivity index (χ2n) is 6.89. The van der Waals surface area contributed by atoms with E-state index in [0.717, 1.165) is 0 Å². The van der Waals surface area contributed by atoms with Gasteiger partial charge in [-0.05, 0) is 49.1 Å². The van der Waals surface area contributed by atoms with E-state index in [1.165, 1.54) is 37.7 Å². The van der Waals surface area contributed by atoms with Gasteiger partial charge in [0.2, 0.25) is 0 Å². The predicted molar refractivity (Wildman–Crippen MR) is 76.8 cm³/mol. The van der Waals surface area contributed by atoms with Gasteiger partial charge in [-0.2, -0.15) is 0 Å². The fraction of sp³-hybridized carbons (Fsp3) is 0.647. The van der Waals surface area contributed by atoms with Gasteiger partial charge in [0.25, 0.3) is 0 Å². The van der Waals surface area contributed by atoms with E-state index >= 15 is 0 Å². The Kier molecular flexibility index (Phi) is 2.97. The Bertz CT molecular complexity index is 447. The molecular formula is C17H25N. The first kappa shape index (κ1) is 12.2. The highest BCUT2D eigenvalue weighted by Gasteiger charge is 2.36. The molecule has 1 N–H and O–H groups in total. The molecule has 1 aromatic rings. The molecule has 2 atom stereocenters. The summed E-state index contributed by atoms with van der Waals surface area (Å²) in [6.07, 6.45) is 6.65. The van der Waals surface area contributed by atoms with Crippen molar-refractivity contribution in [2.24, 2.45) is 5.41 Å². The lowest BCUT2D eigenvalue weighted by Gasteiger charge is -2.31. The molecule has 1 fully saturated rings. The summed E-state index contributed by atoms with van der Waals surface area (Å²) in [6.45, 7) is 7.04. The lowest BCUT2D eigenvalue weighted by atomic mass is 9.86. The first-order valence-corrected chi connectivity index (χ1v) is 7.42.